The smallest absolute Gasteiger partial charge is 0.362 e. The van der Waals surface area contributed by atoms with Crippen molar-refractivity contribution in [1.82, 2.24) is 0 Å². The van der Waals surface area contributed by atoms with Crippen LogP contribution in [0.15, 0.2) is 36.5 Å². The summed E-state index contributed by atoms with van der Waals surface area (Å²) >= 11 is 0. The molecule has 0 aromatic carbocycles. The van der Waals surface area contributed by atoms with Crippen LogP contribution in [0.4, 0.5) is 0 Å². The molecule has 43 heavy (non-hydrogen) atoms. The Balaban J connectivity index is 4.58. The van der Waals surface area contributed by atoms with Crippen LogP contribution < -0.4 is 0 Å². The molecule has 0 aliphatic heterocycles. The number of rotatable bonds is 28. The van der Waals surface area contributed by atoms with E-state index in [0.717, 1.165) is 44.9 Å². The van der Waals surface area contributed by atoms with E-state index in [1.165, 1.54) is 32.1 Å². The lowest BCUT2D eigenvalue weighted by Crippen LogP contribution is -2.50. The molecule has 0 heterocycles. The molecule has 0 radical (unpaired) electrons. The predicted octanol–water partition coefficient (Wildman–Crippen LogP) is 7.57. The molecule has 0 spiro atoms. The molecule has 1 N–H and O–H groups in total. The highest BCUT2D eigenvalue weighted by molar-refractivity contribution is 5.72. The van der Waals surface area contributed by atoms with Gasteiger partial charge in [0.2, 0.25) is 0 Å². The Bertz CT molecular complexity index is 813. The number of quaternary nitrogens is 1. The molecule has 0 fully saturated rings. The van der Waals surface area contributed by atoms with Gasteiger partial charge in [0.1, 0.15) is 6.61 Å². The third kappa shape index (κ3) is 25.7. The number of esters is 2. The van der Waals surface area contributed by atoms with Crippen molar-refractivity contribution in [1.29, 1.82) is 0 Å². The quantitative estimate of drug-likeness (QED) is 0.0322. The lowest BCUT2D eigenvalue weighted by atomic mass is 10.1. The van der Waals surface area contributed by atoms with Gasteiger partial charge in [-0.25, -0.2) is 4.79 Å². The van der Waals surface area contributed by atoms with E-state index in [4.69, 9.17) is 14.2 Å². The zero-order valence-electron chi connectivity index (χ0n) is 27.9. The molecule has 0 aliphatic carbocycles. The van der Waals surface area contributed by atoms with Crippen LogP contribution >= 0.6 is 0 Å². The zero-order valence-corrected chi connectivity index (χ0v) is 27.9. The van der Waals surface area contributed by atoms with E-state index in [1.54, 1.807) is 0 Å². The molecular formula is C35H62NO7+. The van der Waals surface area contributed by atoms with Crippen molar-refractivity contribution in [3.63, 3.8) is 0 Å². The Kier molecular flexibility index (Phi) is 25.6. The second-order valence-corrected chi connectivity index (χ2v) is 12.1. The number of nitrogens with zero attached hydrogens (tertiary/aromatic N) is 1. The van der Waals surface area contributed by atoms with Gasteiger partial charge in [-0.15, -0.1) is 0 Å². The van der Waals surface area contributed by atoms with Gasteiger partial charge in [-0.2, -0.15) is 0 Å². The summed E-state index contributed by atoms with van der Waals surface area (Å²) in [5.41, 5.74) is 0. The van der Waals surface area contributed by atoms with Crippen LogP contribution in [-0.2, 0) is 28.6 Å². The van der Waals surface area contributed by atoms with Crippen LogP contribution in [0.1, 0.15) is 117 Å². The summed E-state index contributed by atoms with van der Waals surface area (Å²) in [4.78, 5) is 36.4. The number of likely N-dealkylation sites (N-methyl/N-ethyl adjacent to an activating group) is 1. The predicted molar refractivity (Wildman–Crippen MR) is 174 cm³/mol. The number of carbonyl (C=O) groups is 3. The number of hydrogen-bond acceptors (Lipinski definition) is 6. The minimum absolute atomic E-state index is 0.0367. The molecule has 0 rings (SSSR count). The highest BCUT2D eigenvalue weighted by Gasteiger charge is 2.31. The Hall–Kier alpha value is -2.45. The molecule has 0 saturated carbocycles. The second kappa shape index (κ2) is 27.1. The number of allylic oxidation sites excluding steroid dienone is 6. The van der Waals surface area contributed by atoms with E-state index in [2.05, 4.69) is 44.2 Å². The van der Waals surface area contributed by atoms with Crippen molar-refractivity contribution in [2.75, 3.05) is 41.0 Å². The van der Waals surface area contributed by atoms with Crippen LogP contribution in [-0.4, -0.2) is 80.6 Å². The van der Waals surface area contributed by atoms with Gasteiger partial charge in [0.05, 0.1) is 34.4 Å². The number of carboxylic acids is 1. The number of carbonyl (C=O) groups excluding carboxylic acids is 2. The zero-order chi connectivity index (χ0) is 32.2. The molecule has 0 bridgehead atoms. The summed E-state index contributed by atoms with van der Waals surface area (Å²) in [6.07, 6.45) is 26.4. The number of unbranched alkanes of at least 4 members (excludes halogenated alkanes) is 9. The van der Waals surface area contributed by atoms with Gasteiger partial charge in [0, 0.05) is 19.3 Å². The lowest BCUT2D eigenvalue weighted by Gasteiger charge is -2.31. The molecule has 248 valence electrons. The fourth-order valence-electron chi connectivity index (χ4n) is 4.38. The van der Waals surface area contributed by atoms with Gasteiger partial charge in [0.15, 0.2) is 12.1 Å². The van der Waals surface area contributed by atoms with Crippen LogP contribution in [0.2, 0.25) is 0 Å². The minimum Gasteiger partial charge on any atom is -0.477 e. The molecule has 2 unspecified atom stereocenters. The van der Waals surface area contributed by atoms with Crippen LogP contribution in [0.3, 0.4) is 0 Å². The maximum Gasteiger partial charge on any atom is 0.362 e. The highest BCUT2D eigenvalue weighted by Crippen LogP contribution is 2.11. The van der Waals surface area contributed by atoms with E-state index in [9.17, 15) is 19.5 Å². The average molecular weight is 609 g/mol. The number of hydrogen-bond donors (Lipinski definition) is 1. The first kappa shape index (κ1) is 40.5. The second-order valence-electron chi connectivity index (χ2n) is 12.1. The van der Waals surface area contributed by atoms with E-state index in [-0.39, 0.29) is 42.7 Å². The molecular weight excluding hydrogens is 546 g/mol. The molecule has 0 amide bonds. The summed E-state index contributed by atoms with van der Waals surface area (Å²) < 4.78 is 17.0. The maximum absolute atomic E-state index is 12.5. The van der Waals surface area contributed by atoms with Crippen molar-refractivity contribution < 1.29 is 38.2 Å². The molecule has 0 saturated heterocycles. The monoisotopic (exact) mass is 608 g/mol. The molecule has 0 aromatic rings. The van der Waals surface area contributed by atoms with Crippen molar-refractivity contribution in [2.45, 2.75) is 129 Å². The molecule has 0 aliphatic rings. The Morgan fingerprint density at radius 1 is 0.698 bits per heavy atom. The van der Waals surface area contributed by atoms with Crippen LogP contribution in [0.25, 0.3) is 0 Å². The maximum atomic E-state index is 12.5. The summed E-state index contributed by atoms with van der Waals surface area (Å²) in [5, 5.41) is 9.53. The summed E-state index contributed by atoms with van der Waals surface area (Å²) in [7, 11) is 5.48. The Morgan fingerprint density at radius 3 is 1.93 bits per heavy atom. The average Bonchev–Trinajstić information content (AvgIpc) is 2.94. The normalized spacial score (nSPS) is 13.6. The van der Waals surface area contributed by atoms with Gasteiger partial charge in [-0.1, -0.05) is 88.8 Å². The molecule has 0 aromatic heterocycles. The summed E-state index contributed by atoms with van der Waals surface area (Å²) in [6, 6.07) is -0.620. The molecule has 8 nitrogen and oxygen atoms in total. The van der Waals surface area contributed by atoms with Crippen molar-refractivity contribution in [2.24, 2.45) is 0 Å². The number of ether oxygens (including phenoxy) is 3. The van der Waals surface area contributed by atoms with Crippen molar-refractivity contribution in [3.8, 4) is 0 Å². The van der Waals surface area contributed by atoms with Gasteiger partial charge in [-0.3, -0.25) is 9.59 Å². The van der Waals surface area contributed by atoms with E-state index in [1.807, 2.05) is 27.2 Å². The van der Waals surface area contributed by atoms with Gasteiger partial charge >= 0.3 is 17.9 Å². The van der Waals surface area contributed by atoms with Gasteiger partial charge in [-0.05, 0) is 44.9 Å². The Labute approximate surface area is 262 Å². The number of aliphatic carboxylic acids is 1. The summed E-state index contributed by atoms with van der Waals surface area (Å²) in [5.74, 6) is -1.58. The van der Waals surface area contributed by atoms with E-state index >= 15 is 0 Å². The largest absolute Gasteiger partial charge is 0.477 e. The summed E-state index contributed by atoms with van der Waals surface area (Å²) in [6.45, 7) is 4.53. The molecule has 2 atom stereocenters. The van der Waals surface area contributed by atoms with Crippen LogP contribution in [0, 0.1) is 0 Å². The first-order chi connectivity index (χ1) is 20.6. The lowest BCUT2D eigenvalue weighted by molar-refractivity contribution is -0.887. The minimum atomic E-state index is -0.887. The van der Waals surface area contributed by atoms with Crippen molar-refractivity contribution >= 4 is 17.9 Å². The van der Waals surface area contributed by atoms with Crippen molar-refractivity contribution in [3.05, 3.63) is 36.5 Å². The molecule has 8 heteroatoms. The SMILES string of the molecule is CCCC/C=C/C=C/CCCCCC(=O)OCC(COCCC(C(=O)O)[N+](C)(C)C)OC(=O)CC/C=C/CCCCCC. The van der Waals surface area contributed by atoms with Gasteiger partial charge in [0.25, 0.3) is 0 Å². The number of carboxylic acid groups (broad SMARTS) is 1. The van der Waals surface area contributed by atoms with E-state index < -0.39 is 18.1 Å². The first-order valence-corrected chi connectivity index (χ1v) is 16.5. The standard InChI is InChI=1S/C35H61NO7/c1-6-8-10-12-14-16-17-18-20-21-23-25-33(37)42-30-31(29-41-28-27-32(35(39)40)36(3,4)5)43-34(38)26-24-22-19-15-13-11-9-7-2/h12,14,16-17,19,22,31-32H,6-11,13,15,18,20-21,23-30H2,1-5H3/p+1/b14-12+,17-16+,22-19+. The van der Waals surface area contributed by atoms with E-state index in [0.29, 0.717) is 19.3 Å². The highest BCUT2D eigenvalue weighted by atomic mass is 16.6. The van der Waals surface area contributed by atoms with Gasteiger partial charge < -0.3 is 23.8 Å². The third-order valence-corrected chi connectivity index (χ3v) is 7.05. The fraction of sp³-hybridized carbons (Fsp3) is 0.743. The van der Waals surface area contributed by atoms with Crippen LogP contribution in [0.5, 0.6) is 0 Å². The topological polar surface area (TPSA) is 99.1 Å². The Morgan fingerprint density at radius 2 is 1.30 bits per heavy atom. The fourth-order valence-corrected chi connectivity index (χ4v) is 4.38. The third-order valence-electron chi connectivity index (χ3n) is 7.05. The first-order valence-electron chi connectivity index (χ1n) is 16.5.